The summed E-state index contributed by atoms with van der Waals surface area (Å²) in [6.45, 7) is 1.96. The molecule has 1 saturated heterocycles. The van der Waals surface area contributed by atoms with Crippen LogP contribution >= 0.6 is 0 Å². The second-order valence-electron chi connectivity index (χ2n) is 5.46. The van der Waals surface area contributed by atoms with Gasteiger partial charge in [0.1, 0.15) is 0 Å². The third kappa shape index (κ3) is 4.20. The highest BCUT2D eigenvalue weighted by Crippen LogP contribution is 2.19. The van der Waals surface area contributed by atoms with Crippen molar-refractivity contribution in [2.45, 2.75) is 25.8 Å². The third-order valence-electron chi connectivity index (χ3n) is 3.84. The Kier molecular flexibility index (Phi) is 5.42. The lowest BCUT2D eigenvalue weighted by atomic mass is 10.1. The van der Waals surface area contributed by atoms with Crippen LogP contribution in [-0.4, -0.2) is 55.2 Å². The molecular weight excluding hydrogens is 304 g/mol. The number of anilines is 1. The Balaban J connectivity index is 2.09. The Bertz CT molecular complexity index is 630. The van der Waals surface area contributed by atoms with E-state index < -0.39 is 9.84 Å². The van der Waals surface area contributed by atoms with Crippen molar-refractivity contribution in [1.29, 1.82) is 0 Å². The molecule has 1 heterocycles. The largest absolute Gasteiger partial charge is 0.395 e. The summed E-state index contributed by atoms with van der Waals surface area (Å²) in [5, 5.41) is 11.9. The van der Waals surface area contributed by atoms with Crippen molar-refractivity contribution in [2.24, 2.45) is 0 Å². The smallest absolute Gasteiger partial charge is 0.322 e. The predicted octanol–water partition coefficient (Wildman–Crippen LogP) is 1.26. The van der Waals surface area contributed by atoms with Gasteiger partial charge in [0, 0.05) is 18.3 Å². The second-order valence-corrected chi connectivity index (χ2v) is 7.69. The highest BCUT2D eigenvalue weighted by molar-refractivity contribution is 7.91. The van der Waals surface area contributed by atoms with E-state index in [1.807, 2.05) is 25.1 Å². The Morgan fingerprint density at radius 1 is 1.45 bits per heavy atom. The van der Waals surface area contributed by atoms with Gasteiger partial charge in [-0.05, 0) is 30.5 Å². The van der Waals surface area contributed by atoms with Crippen molar-refractivity contribution >= 4 is 21.6 Å². The molecule has 1 aliphatic heterocycles. The molecule has 6 nitrogen and oxygen atoms in total. The van der Waals surface area contributed by atoms with Crippen LogP contribution in [0.1, 0.15) is 18.9 Å². The van der Waals surface area contributed by atoms with E-state index in [9.17, 15) is 13.2 Å². The van der Waals surface area contributed by atoms with Gasteiger partial charge >= 0.3 is 6.03 Å². The van der Waals surface area contributed by atoms with Gasteiger partial charge in [0.05, 0.1) is 18.1 Å². The van der Waals surface area contributed by atoms with Crippen LogP contribution in [0.4, 0.5) is 10.5 Å². The maximum atomic E-state index is 12.4. The fraction of sp³-hybridized carbons (Fsp3) is 0.533. The summed E-state index contributed by atoms with van der Waals surface area (Å²) in [5.41, 5.74) is 1.78. The number of urea groups is 1. The van der Waals surface area contributed by atoms with E-state index in [4.69, 9.17) is 5.11 Å². The number of carbonyl (C=O) groups is 1. The first-order valence-corrected chi connectivity index (χ1v) is 9.25. The number of aliphatic hydroxyl groups excluding tert-OH is 1. The van der Waals surface area contributed by atoms with Gasteiger partial charge in [-0.15, -0.1) is 0 Å². The Hall–Kier alpha value is -1.60. The first-order chi connectivity index (χ1) is 10.4. The number of nitrogens with zero attached hydrogens (tertiary/aromatic N) is 1. The van der Waals surface area contributed by atoms with E-state index in [-0.39, 0.29) is 36.7 Å². The van der Waals surface area contributed by atoms with Crippen molar-refractivity contribution in [2.75, 3.05) is 30.0 Å². The molecular formula is C15H22N2O4S. The maximum absolute atomic E-state index is 12.4. The average molecular weight is 326 g/mol. The van der Waals surface area contributed by atoms with Gasteiger partial charge in [-0.2, -0.15) is 0 Å². The average Bonchev–Trinajstić information content (AvgIpc) is 2.84. The molecule has 0 spiro atoms. The molecule has 0 saturated carbocycles. The van der Waals surface area contributed by atoms with Crippen LogP contribution in [0.5, 0.6) is 0 Å². The van der Waals surface area contributed by atoms with Crippen molar-refractivity contribution < 1.29 is 18.3 Å². The summed E-state index contributed by atoms with van der Waals surface area (Å²) >= 11 is 0. The number of rotatable bonds is 5. The lowest BCUT2D eigenvalue weighted by molar-refractivity contribution is 0.169. The molecule has 0 aliphatic carbocycles. The van der Waals surface area contributed by atoms with Crippen LogP contribution in [0.2, 0.25) is 0 Å². The van der Waals surface area contributed by atoms with Crippen LogP contribution in [0.3, 0.4) is 0 Å². The maximum Gasteiger partial charge on any atom is 0.322 e. The fourth-order valence-electron chi connectivity index (χ4n) is 2.64. The zero-order chi connectivity index (χ0) is 16.2. The SMILES string of the molecule is CCc1cccc(NC(=O)N(CCO)C2CCS(=O)(=O)C2)c1. The number of aliphatic hydroxyl groups is 1. The highest BCUT2D eigenvalue weighted by atomic mass is 32.2. The number of nitrogens with one attached hydrogen (secondary N) is 1. The van der Waals surface area contributed by atoms with E-state index >= 15 is 0 Å². The minimum absolute atomic E-state index is 0.0323. The van der Waals surface area contributed by atoms with Crippen LogP contribution in [0, 0.1) is 0 Å². The number of sulfone groups is 1. The van der Waals surface area contributed by atoms with E-state index in [2.05, 4.69) is 5.32 Å². The molecule has 1 aromatic rings. The number of carbonyl (C=O) groups excluding carboxylic acids is 1. The van der Waals surface area contributed by atoms with Crippen molar-refractivity contribution in [1.82, 2.24) is 4.90 Å². The molecule has 1 atom stereocenters. The van der Waals surface area contributed by atoms with Crippen LogP contribution in [0.25, 0.3) is 0 Å². The third-order valence-corrected chi connectivity index (χ3v) is 5.59. The van der Waals surface area contributed by atoms with Gasteiger partial charge < -0.3 is 15.3 Å². The molecule has 2 N–H and O–H groups in total. The summed E-state index contributed by atoms with van der Waals surface area (Å²) in [4.78, 5) is 13.8. The fourth-order valence-corrected chi connectivity index (χ4v) is 4.37. The molecule has 1 fully saturated rings. The number of hydrogen-bond acceptors (Lipinski definition) is 4. The molecule has 0 aromatic heterocycles. The van der Waals surface area contributed by atoms with Crippen molar-refractivity contribution in [3.63, 3.8) is 0 Å². The van der Waals surface area contributed by atoms with Crippen LogP contribution in [-0.2, 0) is 16.3 Å². The number of benzene rings is 1. The second kappa shape index (κ2) is 7.11. The quantitative estimate of drug-likeness (QED) is 0.853. The molecule has 0 bridgehead atoms. The lowest BCUT2D eigenvalue weighted by Gasteiger charge is -2.27. The molecule has 7 heteroatoms. The van der Waals surface area contributed by atoms with Gasteiger partial charge in [0.2, 0.25) is 0 Å². The summed E-state index contributed by atoms with van der Waals surface area (Å²) in [7, 11) is -3.08. The molecule has 122 valence electrons. The molecule has 2 amide bonds. The lowest BCUT2D eigenvalue weighted by Crippen LogP contribution is -2.45. The Morgan fingerprint density at radius 3 is 2.82 bits per heavy atom. The topological polar surface area (TPSA) is 86.7 Å². The molecule has 1 aliphatic rings. The zero-order valence-electron chi connectivity index (χ0n) is 12.7. The molecule has 1 unspecified atom stereocenters. The monoisotopic (exact) mass is 326 g/mol. The standard InChI is InChI=1S/C15H22N2O4S/c1-2-12-4-3-5-13(10-12)16-15(19)17(7-8-18)14-6-9-22(20,21)11-14/h3-5,10,14,18H,2,6-9,11H2,1H3,(H,16,19). The van der Waals surface area contributed by atoms with E-state index in [0.29, 0.717) is 12.1 Å². The number of aryl methyl sites for hydroxylation is 1. The molecule has 1 aromatic carbocycles. The van der Waals surface area contributed by atoms with Gasteiger partial charge in [-0.3, -0.25) is 0 Å². The minimum atomic E-state index is -3.08. The zero-order valence-corrected chi connectivity index (χ0v) is 13.5. The number of hydrogen-bond donors (Lipinski definition) is 2. The predicted molar refractivity (Wildman–Crippen MR) is 85.7 cm³/mol. The first kappa shape index (κ1) is 16.8. The molecule has 0 radical (unpaired) electrons. The van der Waals surface area contributed by atoms with Gasteiger partial charge in [-0.1, -0.05) is 19.1 Å². The Labute approximate surface area is 131 Å². The van der Waals surface area contributed by atoms with Crippen molar-refractivity contribution in [3.05, 3.63) is 29.8 Å². The van der Waals surface area contributed by atoms with E-state index in [1.165, 1.54) is 4.90 Å². The van der Waals surface area contributed by atoms with Gasteiger partial charge in [-0.25, -0.2) is 13.2 Å². The highest BCUT2D eigenvalue weighted by Gasteiger charge is 2.34. The van der Waals surface area contributed by atoms with Crippen LogP contribution in [0.15, 0.2) is 24.3 Å². The summed E-state index contributed by atoms with van der Waals surface area (Å²) in [5.74, 6) is 0.0631. The summed E-state index contributed by atoms with van der Waals surface area (Å²) in [6.07, 6.45) is 1.29. The summed E-state index contributed by atoms with van der Waals surface area (Å²) < 4.78 is 23.2. The molecule has 2 rings (SSSR count). The molecule has 22 heavy (non-hydrogen) atoms. The van der Waals surface area contributed by atoms with Crippen LogP contribution < -0.4 is 5.32 Å². The normalized spacial score (nSPS) is 19.8. The number of amides is 2. The first-order valence-electron chi connectivity index (χ1n) is 7.43. The van der Waals surface area contributed by atoms with E-state index in [0.717, 1.165) is 12.0 Å². The van der Waals surface area contributed by atoms with Gasteiger partial charge in [0.25, 0.3) is 0 Å². The van der Waals surface area contributed by atoms with Gasteiger partial charge in [0.15, 0.2) is 9.84 Å². The van der Waals surface area contributed by atoms with E-state index in [1.54, 1.807) is 6.07 Å². The minimum Gasteiger partial charge on any atom is -0.395 e. The van der Waals surface area contributed by atoms with Crippen molar-refractivity contribution in [3.8, 4) is 0 Å². The summed E-state index contributed by atoms with van der Waals surface area (Å²) in [6, 6.07) is 6.78. The Morgan fingerprint density at radius 2 is 2.23 bits per heavy atom.